The summed E-state index contributed by atoms with van der Waals surface area (Å²) in [7, 11) is 0. The van der Waals surface area contributed by atoms with Crippen LogP contribution in [0, 0.1) is 5.92 Å². The fourth-order valence-electron chi connectivity index (χ4n) is 5.65. The van der Waals surface area contributed by atoms with Crippen molar-refractivity contribution in [1.29, 1.82) is 0 Å². The van der Waals surface area contributed by atoms with E-state index < -0.39 is 0 Å². The molecule has 2 aromatic rings. The van der Waals surface area contributed by atoms with Crippen molar-refractivity contribution < 1.29 is 4.74 Å². The Morgan fingerprint density at radius 1 is 1.03 bits per heavy atom. The topological polar surface area (TPSA) is 65.6 Å². The summed E-state index contributed by atoms with van der Waals surface area (Å²) in [5.41, 5.74) is 1.40. The second-order valence-electron chi connectivity index (χ2n) is 10.5. The Morgan fingerprint density at radius 3 is 2.28 bits per heavy atom. The summed E-state index contributed by atoms with van der Waals surface area (Å²) in [4.78, 5) is 14.4. The van der Waals surface area contributed by atoms with E-state index in [0.717, 1.165) is 81.4 Å². The minimum absolute atomic E-state index is 0.0719. The van der Waals surface area contributed by atoms with Crippen LogP contribution < -0.4 is 20.4 Å². The van der Waals surface area contributed by atoms with Crippen LogP contribution in [0.25, 0.3) is 0 Å². The zero-order valence-electron chi connectivity index (χ0n) is 21.1. The number of rotatable bonds is 6. The highest BCUT2D eigenvalue weighted by Crippen LogP contribution is 2.41. The van der Waals surface area contributed by atoms with Crippen molar-refractivity contribution in [2.24, 2.45) is 5.92 Å². The summed E-state index contributed by atoms with van der Waals surface area (Å²) in [5.74, 6) is 3.22. The van der Waals surface area contributed by atoms with Gasteiger partial charge in [0.2, 0.25) is 5.95 Å². The third-order valence-electron chi connectivity index (χ3n) is 7.97. The Hall–Kier alpha value is -2.16. The molecule has 1 saturated carbocycles. The fraction of sp³-hybridized carbons (Fsp3) is 0.593. The lowest BCUT2D eigenvalue weighted by Crippen LogP contribution is -2.41. The lowest BCUT2D eigenvalue weighted by molar-refractivity contribution is 0.122. The van der Waals surface area contributed by atoms with Crippen molar-refractivity contribution in [2.75, 3.05) is 61.1 Å². The normalized spacial score (nSPS) is 20.4. The molecule has 3 heterocycles. The number of nitrogens with one attached hydrogen (secondary N) is 2. The molecule has 2 aliphatic heterocycles. The second-order valence-corrected chi connectivity index (χ2v) is 11.3. The lowest BCUT2D eigenvalue weighted by atomic mass is 9.79. The van der Waals surface area contributed by atoms with Crippen LogP contribution in [0.3, 0.4) is 0 Å². The minimum atomic E-state index is 0.0719. The number of morpholine rings is 1. The smallest absolute Gasteiger partial charge is 0.232 e. The average molecular weight is 529 g/mol. The van der Waals surface area contributed by atoms with Gasteiger partial charge in [-0.3, -0.25) is 0 Å². The highest BCUT2D eigenvalue weighted by molar-refractivity contribution is 7.80. The van der Waals surface area contributed by atoms with E-state index >= 15 is 0 Å². The van der Waals surface area contributed by atoms with Gasteiger partial charge in [-0.15, -0.1) is 0 Å². The first-order valence-electron chi connectivity index (χ1n) is 13.3. The highest BCUT2D eigenvalue weighted by atomic mass is 35.5. The molecule has 0 unspecified atom stereocenters. The van der Waals surface area contributed by atoms with Gasteiger partial charge in [0.25, 0.3) is 0 Å². The number of aromatic nitrogens is 2. The number of hydrogen-bond acceptors (Lipinski definition) is 6. The highest BCUT2D eigenvalue weighted by Gasteiger charge is 2.35. The third kappa shape index (κ3) is 6.03. The Balaban J connectivity index is 1.30. The van der Waals surface area contributed by atoms with Crippen LogP contribution in [-0.4, -0.2) is 61.0 Å². The van der Waals surface area contributed by atoms with E-state index in [9.17, 15) is 0 Å². The molecule has 1 aliphatic carbocycles. The van der Waals surface area contributed by atoms with Gasteiger partial charge in [0.1, 0.15) is 11.6 Å². The maximum Gasteiger partial charge on any atom is 0.232 e. The van der Waals surface area contributed by atoms with Gasteiger partial charge in [0.05, 0.1) is 13.2 Å². The number of anilines is 3. The van der Waals surface area contributed by atoms with Gasteiger partial charge >= 0.3 is 0 Å². The molecular weight excluding hydrogens is 492 g/mol. The number of benzene rings is 1. The molecule has 1 aromatic carbocycles. The summed E-state index contributed by atoms with van der Waals surface area (Å²) < 4.78 is 5.56. The Morgan fingerprint density at radius 2 is 1.64 bits per heavy atom. The molecule has 7 nitrogen and oxygen atoms in total. The summed E-state index contributed by atoms with van der Waals surface area (Å²) in [6.45, 7) is 8.25. The van der Waals surface area contributed by atoms with Gasteiger partial charge in [-0.05, 0) is 61.5 Å². The van der Waals surface area contributed by atoms with Crippen LogP contribution in [0.4, 0.5) is 17.6 Å². The van der Waals surface area contributed by atoms with Crippen LogP contribution in [0.15, 0.2) is 30.3 Å². The largest absolute Gasteiger partial charge is 0.378 e. The molecule has 5 rings (SSSR count). The summed E-state index contributed by atoms with van der Waals surface area (Å²) in [6.07, 6.45) is 7.12. The number of ether oxygens (including phenoxy) is 1. The van der Waals surface area contributed by atoms with Gasteiger partial charge in [-0.1, -0.05) is 43.5 Å². The Labute approximate surface area is 225 Å². The predicted molar refractivity (Wildman–Crippen MR) is 151 cm³/mol. The number of nitrogens with zero attached hydrogens (tertiary/aromatic N) is 4. The van der Waals surface area contributed by atoms with E-state index in [1.54, 1.807) is 0 Å². The molecule has 194 valence electrons. The standard InChI is InChI=1S/C27H37ClN6OS/c1-20-8-12-33(13-9-20)23-18-24(34-14-16-35-17-15-34)31-25(30-23)32-26(36)29-19-27(10-2-3-11-27)21-4-6-22(28)7-5-21/h4-7,18,20H,2-3,8-17,19H2,1H3,(H2,29,30,31,32,36). The van der Waals surface area contributed by atoms with Gasteiger partial charge in [0, 0.05) is 49.2 Å². The van der Waals surface area contributed by atoms with E-state index in [1.807, 2.05) is 12.1 Å². The van der Waals surface area contributed by atoms with E-state index in [1.165, 1.54) is 31.2 Å². The van der Waals surface area contributed by atoms with Gasteiger partial charge < -0.3 is 25.2 Å². The van der Waals surface area contributed by atoms with E-state index in [0.29, 0.717) is 11.1 Å². The van der Waals surface area contributed by atoms with E-state index in [4.69, 9.17) is 38.5 Å². The monoisotopic (exact) mass is 528 g/mol. The van der Waals surface area contributed by atoms with Crippen LogP contribution in [-0.2, 0) is 10.2 Å². The van der Waals surface area contributed by atoms with Crippen LogP contribution in [0.1, 0.15) is 51.0 Å². The number of halogens is 1. The lowest BCUT2D eigenvalue weighted by Gasteiger charge is -2.33. The molecule has 0 radical (unpaired) electrons. The Kier molecular flexibility index (Phi) is 8.13. The molecule has 0 amide bonds. The molecular formula is C27H37ClN6OS. The second kappa shape index (κ2) is 11.5. The van der Waals surface area contributed by atoms with Crippen LogP contribution in [0.2, 0.25) is 5.02 Å². The molecule has 3 fully saturated rings. The number of piperidine rings is 1. The van der Waals surface area contributed by atoms with Crippen LogP contribution >= 0.6 is 23.8 Å². The van der Waals surface area contributed by atoms with Gasteiger partial charge in [-0.25, -0.2) is 0 Å². The maximum atomic E-state index is 6.15. The van der Waals surface area contributed by atoms with Crippen LogP contribution in [0.5, 0.6) is 0 Å². The minimum Gasteiger partial charge on any atom is -0.378 e. The molecule has 2 saturated heterocycles. The van der Waals surface area contributed by atoms with E-state index in [2.05, 4.69) is 45.6 Å². The number of thiocarbonyl (C=S) groups is 1. The first-order chi connectivity index (χ1) is 17.5. The molecule has 1 aromatic heterocycles. The van der Waals surface area contributed by atoms with Crippen molar-refractivity contribution in [3.63, 3.8) is 0 Å². The maximum absolute atomic E-state index is 6.15. The van der Waals surface area contributed by atoms with Crippen molar-refractivity contribution in [3.05, 3.63) is 40.9 Å². The summed E-state index contributed by atoms with van der Waals surface area (Å²) >= 11 is 11.9. The molecule has 36 heavy (non-hydrogen) atoms. The predicted octanol–water partition coefficient (Wildman–Crippen LogP) is 5.00. The number of hydrogen-bond donors (Lipinski definition) is 2. The van der Waals surface area contributed by atoms with Crippen molar-refractivity contribution in [3.8, 4) is 0 Å². The summed E-state index contributed by atoms with van der Waals surface area (Å²) in [6, 6.07) is 10.4. The van der Waals surface area contributed by atoms with Gasteiger partial charge in [-0.2, -0.15) is 9.97 Å². The fourth-order valence-corrected chi connectivity index (χ4v) is 5.94. The zero-order chi connectivity index (χ0) is 25.0. The molecule has 9 heteroatoms. The first-order valence-corrected chi connectivity index (χ1v) is 14.1. The molecule has 0 bridgehead atoms. The molecule has 3 aliphatic rings. The molecule has 0 spiro atoms. The average Bonchev–Trinajstić information content (AvgIpc) is 3.39. The third-order valence-corrected chi connectivity index (χ3v) is 8.47. The molecule has 0 atom stereocenters. The summed E-state index contributed by atoms with van der Waals surface area (Å²) in [5, 5.41) is 8.13. The van der Waals surface area contributed by atoms with Gasteiger partial charge in [0.15, 0.2) is 5.11 Å². The quantitative estimate of drug-likeness (QED) is 0.508. The SMILES string of the molecule is CC1CCN(c2cc(N3CCOCC3)nc(NC(=S)NCC3(c4ccc(Cl)cc4)CCCC3)n2)CC1. The van der Waals surface area contributed by atoms with E-state index in [-0.39, 0.29) is 5.41 Å². The first kappa shape index (κ1) is 25.5. The van der Waals surface area contributed by atoms with Crippen molar-refractivity contribution >= 4 is 46.5 Å². The van der Waals surface area contributed by atoms with Crippen molar-refractivity contribution in [2.45, 2.75) is 50.9 Å². The molecule has 2 N–H and O–H groups in total. The van der Waals surface area contributed by atoms with Crippen molar-refractivity contribution in [1.82, 2.24) is 15.3 Å². The Bertz CT molecular complexity index is 1030. The zero-order valence-corrected chi connectivity index (χ0v) is 22.7.